The highest BCUT2D eigenvalue weighted by Gasteiger charge is 2.26. The first kappa shape index (κ1) is 7.07. The van der Waals surface area contributed by atoms with Crippen LogP contribution in [0.3, 0.4) is 0 Å². The van der Waals surface area contributed by atoms with Crippen LogP contribution in [-0.2, 0) is 0 Å². The third-order valence-electron chi connectivity index (χ3n) is 2.23. The summed E-state index contributed by atoms with van der Waals surface area (Å²) in [4.78, 5) is 0. The molecule has 0 unspecified atom stereocenters. The van der Waals surface area contributed by atoms with Gasteiger partial charge in [0.2, 0.25) is 0 Å². The van der Waals surface area contributed by atoms with Crippen LogP contribution in [0.1, 0.15) is 12.8 Å². The highest BCUT2D eigenvalue weighted by molar-refractivity contribution is 6.77. The zero-order valence-corrected chi connectivity index (χ0v) is 7.65. The standard InChI is InChI=1S/C8H16Si/c1-9(2,3)8-6-4-5-7-8/h4-5,8H,6-7H2,1-3H3. The van der Waals surface area contributed by atoms with Gasteiger partial charge in [-0.05, 0) is 18.4 Å². The van der Waals surface area contributed by atoms with Crippen LogP contribution in [0.4, 0.5) is 0 Å². The maximum absolute atomic E-state index is 2.46. The lowest BCUT2D eigenvalue weighted by Crippen LogP contribution is -2.26. The molecule has 0 amide bonds. The van der Waals surface area contributed by atoms with E-state index in [1.807, 2.05) is 0 Å². The Balaban J connectivity index is 2.46. The van der Waals surface area contributed by atoms with Gasteiger partial charge in [-0.15, -0.1) is 0 Å². The van der Waals surface area contributed by atoms with Gasteiger partial charge >= 0.3 is 0 Å². The van der Waals surface area contributed by atoms with Crippen LogP contribution in [0, 0.1) is 0 Å². The van der Waals surface area contributed by atoms with Crippen molar-refractivity contribution in [3.63, 3.8) is 0 Å². The van der Waals surface area contributed by atoms with E-state index in [4.69, 9.17) is 0 Å². The van der Waals surface area contributed by atoms with Gasteiger partial charge in [0.15, 0.2) is 0 Å². The Labute approximate surface area is 59.0 Å². The van der Waals surface area contributed by atoms with Crippen LogP contribution in [0.25, 0.3) is 0 Å². The van der Waals surface area contributed by atoms with E-state index in [0.29, 0.717) is 0 Å². The third kappa shape index (κ3) is 1.68. The van der Waals surface area contributed by atoms with Crippen molar-refractivity contribution in [2.75, 3.05) is 0 Å². The molecule has 0 saturated heterocycles. The second-order valence-corrected chi connectivity index (χ2v) is 9.55. The molecule has 0 saturated carbocycles. The van der Waals surface area contributed by atoms with Gasteiger partial charge in [0.05, 0.1) is 0 Å². The minimum Gasteiger partial charge on any atom is -0.0885 e. The van der Waals surface area contributed by atoms with Crippen LogP contribution >= 0.6 is 0 Å². The van der Waals surface area contributed by atoms with Crippen molar-refractivity contribution in [3.8, 4) is 0 Å². The summed E-state index contributed by atoms with van der Waals surface area (Å²) in [5.74, 6) is 0. The molecule has 1 rings (SSSR count). The van der Waals surface area contributed by atoms with Gasteiger partial charge in [0.25, 0.3) is 0 Å². The molecule has 0 fully saturated rings. The summed E-state index contributed by atoms with van der Waals surface area (Å²) in [5, 5.41) is 0. The number of hydrogen-bond donors (Lipinski definition) is 0. The average Bonchev–Trinajstić information content (AvgIpc) is 2.08. The molecule has 0 aromatic carbocycles. The van der Waals surface area contributed by atoms with E-state index in [1.165, 1.54) is 12.8 Å². The molecule has 0 bridgehead atoms. The number of allylic oxidation sites excluding steroid dienone is 2. The first-order chi connectivity index (χ1) is 4.11. The van der Waals surface area contributed by atoms with Gasteiger partial charge in [-0.2, -0.15) is 0 Å². The molecule has 0 aliphatic heterocycles. The maximum atomic E-state index is 2.46. The molecule has 0 nitrogen and oxygen atoms in total. The van der Waals surface area contributed by atoms with Crippen LogP contribution < -0.4 is 0 Å². The summed E-state index contributed by atoms with van der Waals surface area (Å²) in [6.07, 6.45) is 7.39. The van der Waals surface area contributed by atoms with Crippen LogP contribution in [0.2, 0.25) is 25.2 Å². The molecule has 9 heavy (non-hydrogen) atoms. The van der Waals surface area contributed by atoms with Crippen molar-refractivity contribution in [1.82, 2.24) is 0 Å². The molecule has 0 aromatic rings. The molecular weight excluding hydrogens is 124 g/mol. The highest BCUT2D eigenvalue weighted by atomic mass is 28.3. The molecule has 0 radical (unpaired) electrons. The van der Waals surface area contributed by atoms with Crippen molar-refractivity contribution in [1.29, 1.82) is 0 Å². The van der Waals surface area contributed by atoms with E-state index in [9.17, 15) is 0 Å². The third-order valence-corrected chi connectivity index (χ3v) is 5.15. The topological polar surface area (TPSA) is 0 Å². The lowest BCUT2D eigenvalue weighted by molar-refractivity contribution is 0.877. The van der Waals surface area contributed by atoms with Crippen LogP contribution in [0.5, 0.6) is 0 Å². The second-order valence-electron chi connectivity index (χ2n) is 4.01. The maximum Gasteiger partial charge on any atom is 0.0479 e. The average molecular weight is 140 g/mol. The van der Waals surface area contributed by atoms with Crippen LogP contribution in [-0.4, -0.2) is 8.07 Å². The Morgan fingerprint density at radius 2 is 1.56 bits per heavy atom. The Morgan fingerprint density at radius 1 is 1.11 bits per heavy atom. The molecule has 1 aliphatic carbocycles. The minimum absolute atomic E-state index is 0.787. The first-order valence-electron chi connectivity index (χ1n) is 3.76. The summed E-state index contributed by atoms with van der Waals surface area (Å²) in [5.41, 5.74) is 1.04. The van der Waals surface area contributed by atoms with E-state index in [2.05, 4.69) is 31.8 Å². The van der Waals surface area contributed by atoms with Crippen molar-refractivity contribution in [3.05, 3.63) is 12.2 Å². The Kier molecular flexibility index (Phi) is 1.80. The van der Waals surface area contributed by atoms with E-state index in [0.717, 1.165) is 5.54 Å². The smallest absolute Gasteiger partial charge is 0.0479 e. The van der Waals surface area contributed by atoms with E-state index < -0.39 is 8.07 Å². The highest BCUT2D eigenvalue weighted by Crippen LogP contribution is 2.33. The lowest BCUT2D eigenvalue weighted by atomic mass is 10.3. The molecular formula is C8H16Si. The molecule has 0 atom stereocenters. The first-order valence-corrected chi connectivity index (χ1v) is 7.33. The zero-order valence-electron chi connectivity index (χ0n) is 6.65. The fourth-order valence-electron chi connectivity index (χ4n) is 1.32. The van der Waals surface area contributed by atoms with E-state index >= 15 is 0 Å². The van der Waals surface area contributed by atoms with E-state index in [-0.39, 0.29) is 0 Å². The largest absolute Gasteiger partial charge is 0.0885 e. The van der Waals surface area contributed by atoms with Gasteiger partial charge in [-0.25, -0.2) is 0 Å². The summed E-state index contributed by atoms with van der Waals surface area (Å²) < 4.78 is 0. The molecule has 52 valence electrons. The van der Waals surface area contributed by atoms with Gasteiger partial charge in [0.1, 0.15) is 0 Å². The van der Waals surface area contributed by atoms with Gasteiger partial charge in [-0.3, -0.25) is 0 Å². The number of hydrogen-bond acceptors (Lipinski definition) is 0. The van der Waals surface area contributed by atoms with Crippen LogP contribution in [0.15, 0.2) is 12.2 Å². The van der Waals surface area contributed by atoms with Gasteiger partial charge in [0, 0.05) is 8.07 Å². The molecule has 1 aliphatic rings. The lowest BCUT2D eigenvalue weighted by Gasteiger charge is -2.23. The number of rotatable bonds is 1. The normalized spacial score (nSPS) is 21.2. The summed E-state index contributed by atoms with van der Waals surface area (Å²) in [7, 11) is -0.787. The van der Waals surface area contributed by atoms with Crippen molar-refractivity contribution in [2.24, 2.45) is 0 Å². The van der Waals surface area contributed by atoms with Crippen molar-refractivity contribution in [2.45, 2.75) is 38.0 Å². The minimum atomic E-state index is -0.787. The molecule has 0 spiro atoms. The summed E-state index contributed by atoms with van der Waals surface area (Å²) >= 11 is 0. The quantitative estimate of drug-likeness (QED) is 0.388. The summed E-state index contributed by atoms with van der Waals surface area (Å²) in [6.45, 7) is 7.39. The Bertz CT molecular complexity index is 111. The Morgan fingerprint density at radius 3 is 1.78 bits per heavy atom. The van der Waals surface area contributed by atoms with Gasteiger partial charge < -0.3 is 0 Å². The monoisotopic (exact) mass is 140 g/mol. The van der Waals surface area contributed by atoms with Crippen molar-refractivity contribution < 1.29 is 0 Å². The molecule has 0 N–H and O–H groups in total. The fourth-order valence-corrected chi connectivity index (χ4v) is 3.01. The summed E-state index contributed by atoms with van der Waals surface area (Å²) in [6, 6.07) is 0. The van der Waals surface area contributed by atoms with E-state index in [1.54, 1.807) is 0 Å². The van der Waals surface area contributed by atoms with Crippen molar-refractivity contribution >= 4 is 8.07 Å². The molecule has 0 heterocycles. The second kappa shape index (κ2) is 2.29. The predicted molar refractivity (Wildman–Crippen MR) is 45.5 cm³/mol. The SMILES string of the molecule is C[Si](C)(C)C1CC=CC1. The fraction of sp³-hybridized carbons (Fsp3) is 0.750. The van der Waals surface area contributed by atoms with Gasteiger partial charge in [-0.1, -0.05) is 31.8 Å². The predicted octanol–water partition coefficient (Wildman–Crippen LogP) is 3.04. The molecule has 1 heteroatoms. The molecule has 0 aromatic heterocycles. The zero-order chi connectivity index (χ0) is 6.91. The Hall–Kier alpha value is -0.0431.